The van der Waals surface area contributed by atoms with Gasteiger partial charge in [0.2, 0.25) is 0 Å². The van der Waals surface area contributed by atoms with Crippen LogP contribution in [0.3, 0.4) is 0 Å². The van der Waals surface area contributed by atoms with E-state index in [1.807, 2.05) is 48.7 Å². The van der Waals surface area contributed by atoms with Crippen LogP contribution in [-0.4, -0.2) is 20.4 Å². The van der Waals surface area contributed by atoms with E-state index in [2.05, 4.69) is 5.32 Å². The second kappa shape index (κ2) is 6.88. The molecule has 3 heterocycles. The maximum atomic E-state index is 13.2. The van der Waals surface area contributed by atoms with Gasteiger partial charge in [0.05, 0.1) is 11.4 Å². The molecule has 0 atom stereocenters. The standard InChI is InChI=1S/C20H18N4O2S2/c1-12-9-10-28-16(12)11-15-18(25)23(20(27)21-15)17-13(2)22(3)24(19(17)26)14-7-5-4-6-8-14/h4-11H,1-3H3,(H,21,27)/b15-11+. The van der Waals surface area contributed by atoms with Crippen molar-refractivity contribution in [1.29, 1.82) is 0 Å². The smallest absolute Gasteiger partial charge is 0.296 e. The van der Waals surface area contributed by atoms with Crippen LogP contribution < -0.4 is 15.8 Å². The predicted octanol–water partition coefficient (Wildman–Crippen LogP) is 3.12. The maximum Gasteiger partial charge on any atom is 0.296 e. The van der Waals surface area contributed by atoms with Crippen molar-refractivity contribution < 1.29 is 4.79 Å². The number of hydrogen-bond donors (Lipinski definition) is 1. The number of thiocarbonyl (C=S) groups is 1. The summed E-state index contributed by atoms with van der Waals surface area (Å²) in [5.74, 6) is -0.330. The average Bonchev–Trinajstić information content (AvgIpc) is 3.27. The Morgan fingerprint density at radius 2 is 1.82 bits per heavy atom. The Hall–Kier alpha value is -2.97. The highest BCUT2D eigenvalue weighted by Gasteiger charge is 2.36. The molecule has 0 spiro atoms. The normalized spacial score (nSPS) is 15.5. The van der Waals surface area contributed by atoms with Crippen LogP contribution in [0.25, 0.3) is 11.8 Å². The molecular weight excluding hydrogens is 392 g/mol. The Morgan fingerprint density at radius 1 is 1.11 bits per heavy atom. The van der Waals surface area contributed by atoms with Crippen LogP contribution >= 0.6 is 23.6 Å². The summed E-state index contributed by atoms with van der Waals surface area (Å²) in [6.07, 6.45) is 1.78. The molecule has 6 nitrogen and oxygen atoms in total. The first kappa shape index (κ1) is 18.4. The van der Waals surface area contributed by atoms with Gasteiger partial charge < -0.3 is 5.32 Å². The first-order chi connectivity index (χ1) is 13.4. The topological polar surface area (TPSA) is 59.3 Å². The number of nitrogens with zero attached hydrogens (tertiary/aromatic N) is 3. The van der Waals surface area contributed by atoms with Crippen molar-refractivity contribution in [3.8, 4) is 5.69 Å². The molecule has 1 saturated heterocycles. The Labute approximate surface area is 171 Å². The minimum atomic E-state index is -0.330. The molecule has 3 aromatic rings. The third-order valence-electron chi connectivity index (χ3n) is 4.80. The van der Waals surface area contributed by atoms with Gasteiger partial charge >= 0.3 is 0 Å². The molecule has 8 heteroatoms. The zero-order valence-corrected chi connectivity index (χ0v) is 17.2. The van der Waals surface area contributed by atoms with Crippen LogP contribution in [0.4, 0.5) is 5.69 Å². The number of anilines is 1. The second-order valence-electron chi connectivity index (χ2n) is 6.51. The third kappa shape index (κ3) is 2.81. The number of rotatable bonds is 3. The molecule has 1 aliphatic heterocycles. The van der Waals surface area contributed by atoms with Gasteiger partial charge in [-0.3, -0.25) is 14.3 Å². The first-order valence-electron chi connectivity index (χ1n) is 8.65. The number of thiophene rings is 1. The van der Waals surface area contributed by atoms with E-state index >= 15 is 0 Å². The van der Waals surface area contributed by atoms with Crippen molar-refractivity contribution in [2.24, 2.45) is 7.05 Å². The molecule has 1 aromatic carbocycles. The summed E-state index contributed by atoms with van der Waals surface area (Å²) in [5, 5.41) is 5.13. The minimum absolute atomic E-state index is 0.205. The number of benzene rings is 1. The predicted molar refractivity (Wildman–Crippen MR) is 116 cm³/mol. The Morgan fingerprint density at radius 3 is 2.46 bits per heavy atom. The van der Waals surface area contributed by atoms with E-state index in [1.54, 1.807) is 36.1 Å². The van der Waals surface area contributed by atoms with Gasteiger partial charge in [-0.1, -0.05) is 18.2 Å². The molecule has 2 aromatic heterocycles. The molecule has 0 radical (unpaired) electrons. The number of amides is 1. The highest BCUT2D eigenvalue weighted by Crippen LogP contribution is 2.26. The quantitative estimate of drug-likeness (QED) is 0.532. The lowest BCUT2D eigenvalue weighted by atomic mass is 10.2. The van der Waals surface area contributed by atoms with E-state index in [4.69, 9.17) is 12.2 Å². The van der Waals surface area contributed by atoms with Crippen molar-refractivity contribution in [2.45, 2.75) is 13.8 Å². The number of carbonyl (C=O) groups excluding carboxylic acids is 1. The molecule has 4 rings (SSSR count). The summed E-state index contributed by atoms with van der Waals surface area (Å²) in [6, 6.07) is 11.3. The van der Waals surface area contributed by atoms with Crippen molar-refractivity contribution >= 4 is 46.3 Å². The molecule has 0 unspecified atom stereocenters. The first-order valence-corrected chi connectivity index (χ1v) is 9.94. The fourth-order valence-corrected chi connectivity index (χ4v) is 4.36. The number of carbonyl (C=O) groups is 1. The molecular formula is C20H18N4O2S2. The molecule has 1 N–H and O–H groups in total. The van der Waals surface area contributed by atoms with Gasteiger partial charge in [0.25, 0.3) is 11.5 Å². The van der Waals surface area contributed by atoms with Crippen LogP contribution in [0.1, 0.15) is 16.1 Å². The van der Waals surface area contributed by atoms with Gasteiger partial charge in [-0.25, -0.2) is 9.58 Å². The zero-order valence-electron chi connectivity index (χ0n) is 15.6. The van der Waals surface area contributed by atoms with Crippen LogP contribution in [0, 0.1) is 13.8 Å². The van der Waals surface area contributed by atoms with Crippen molar-refractivity contribution in [1.82, 2.24) is 14.7 Å². The van der Waals surface area contributed by atoms with Crippen LogP contribution in [0.2, 0.25) is 0 Å². The summed E-state index contributed by atoms with van der Waals surface area (Å²) in [7, 11) is 1.79. The molecule has 0 aliphatic carbocycles. The van der Waals surface area contributed by atoms with Crippen LogP contribution in [0.5, 0.6) is 0 Å². The van der Waals surface area contributed by atoms with E-state index in [-0.39, 0.29) is 22.3 Å². The number of aryl methyl sites for hydroxylation is 1. The van der Waals surface area contributed by atoms with Gasteiger partial charge in [0.1, 0.15) is 11.4 Å². The monoisotopic (exact) mass is 410 g/mol. The lowest BCUT2D eigenvalue weighted by Crippen LogP contribution is -2.35. The zero-order chi connectivity index (χ0) is 20.0. The Balaban J connectivity index is 1.81. The summed E-state index contributed by atoms with van der Waals surface area (Å²) >= 11 is 6.94. The molecule has 0 bridgehead atoms. The average molecular weight is 411 g/mol. The van der Waals surface area contributed by atoms with E-state index in [0.717, 1.165) is 16.1 Å². The summed E-state index contributed by atoms with van der Waals surface area (Å²) in [5.41, 5.74) is 2.79. The van der Waals surface area contributed by atoms with Gasteiger partial charge in [-0.15, -0.1) is 11.3 Å². The summed E-state index contributed by atoms with van der Waals surface area (Å²) < 4.78 is 3.26. The summed E-state index contributed by atoms with van der Waals surface area (Å²) in [4.78, 5) is 28.6. The highest BCUT2D eigenvalue weighted by atomic mass is 32.1. The van der Waals surface area contributed by atoms with Gasteiger partial charge in [0.15, 0.2) is 5.11 Å². The SMILES string of the molecule is Cc1ccsc1/C=C1/NC(=S)N(c2c(C)n(C)n(-c3ccccc3)c2=O)C1=O. The highest BCUT2D eigenvalue weighted by molar-refractivity contribution is 7.80. The fourth-order valence-electron chi connectivity index (χ4n) is 3.21. The van der Waals surface area contributed by atoms with Crippen LogP contribution in [0.15, 0.2) is 52.3 Å². The van der Waals surface area contributed by atoms with Gasteiger partial charge in [-0.05, 0) is 61.3 Å². The molecule has 1 aliphatic rings. The Kier molecular flexibility index (Phi) is 4.52. The number of nitrogens with one attached hydrogen (secondary N) is 1. The Bertz CT molecular complexity index is 1180. The van der Waals surface area contributed by atoms with Gasteiger partial charge in [-0.2, -0.15) is 0 Å². The second-order valence-corrected chi connectivity index (χ2v) is 7.84. The largest absolute Gasteiger partial charge is 0.327 e. The number of para-hydroxylation sites is 1. The number of aromatic nitrogens is 2. The fraction of sp³-hybridized carbons (Fsp3) is 0.150. The van der Waals surface area contributed by atoms with Crippen molar-refractivity contribution in [2.75, 3.05) is 4.90 Å². The molecule has 1 fully saturated rings. The van der Waals surface area contributed by atoms with E-state index in [9.17, 15) is 9.59 Å². The third-order valence-corrected chi connectivity index (χ3v) is 6.05. The van der Waals surface area contributed by atoms with Crippen molar-refractivity contribution in [3.63, 3.8) is 0 Å². The van der Waals surface area contributed by atoms with E-state index in [0.29, 0.717) is 11.4 Å². The number of hydrogen-bond acceptors (Lipinski definition) is 4. The van der Waals surface area contributed by atoms with Gasteiger partial charge in [0, 0.05) is 11.9 Å². The molecule has 0 saturated carbocycles. The van der Waals surface area contributed by atoms with E-state index in [1.165, 1.54) is 9.58 Å². The molecule has 1 amide bonds. The molecule has 28 heavy (non-hydrogen) atoms. The lowest BCUT2D eigenvalue weighted by Gasteiger charge is -2.11. The van der Waals surface area contributed by atoms with Crippen molar-refractivity contribution in [3.05, 3.63) is 74.0 Å². The van der Waals surface area contributed by atoms with Crippen LogP contribution in [-0.2, 0) is 11.8 Å². The minimum Gasteiger partial charge on any atom is -0.327 e. The summed E-state index contributed by atoms with van der Waals surface area (Å²) in [6.45, 7) is 3.79. The maximum absolute atomic E-state index is 13.2. The lowest BCUT2D eigenvalue weighted by molar-refractivity contribution is -0.113. The molecule has 142 valence electrons. The van der Waals surface area contributed by atoms with E-state index < -0.39 is 0 Å².